The van der Waals surface area contributed by atoms with Gasteiger partial charge in [0.05, 0.1) is 0 Å². The quantitative estimate of drug-likeness (QED) is 0.764. The van der Waals surface area contributed by atoms with Gasteiger partial charge in [0, 0.05) is 6.42 Å². The number of aliphatic carboxylic acids is 1. The normalized spacial score (nSPS) is 25.9. The minimum Gasteiger partial charge on any atom is -0.480 e. The third-order valence-corrected chi connectivity index (χ3v) is 4.68. The second-order valence-electron chi connectivity index (χ2n) is 5.02. The molecule has 4 nitrogen and oxygen atoms in total. The first-order valence-corrected chi connectivity index (χ1v) is 7.57. The SMILES string of the molecule is O=C(CC1C=CCC1)NC1(C(=O)O)CCSCC1. The summed E-state index contributed by atoms with van der Waals surface area (Å²) in [7, 11) is 0. The Labute approximate surface area is 111 Å². The van der Waals surface area contributed by atoms with Crippen LogP contribution in [-0.2, 0) is 9.59 Å². The maximum Gasteiger partial charge on any atom is 0.329 e. The maximum absolute atomic E-state index is 12.0. The molecule has 0 aromatic heterocycles. The average Bonchev–Trinajstić information content (AvgIpc) is 2.82. The Morgan fingerprint density at radius 1 is 1.39 bits per heavy atom. The maximum atomic E-state index is 12.0. The zero-order valence-electron chi connectivity index (χ0n) is 10.4. The highest BCUT2D eigenvalue weighted by Crippen LogP contribution is 2.28. The first-order chi connectivity index (χ1) is 8.62. The number of nitrogens with one attached hydrogen (secondary N) is 1. The van der Waals surface area contributed by atoms with E-state index in [0.29, 0.717) is 19.3 Å². The molecule has 100 valence electrons. The van der Waals surface area contributed by atoms with Crippen LogP contribution in [0, 0.1) is 5.92 Å². The molecule has 1 aliphatic carbocycles. The lowest BCUT2D eigenvalue weighted by molar-refractivity contribution is -0.148. The highest BCUT2D eigenvalue weighted by Gasteiger charge is 2.41. The van der Waals surface area contributed by atoms with Crippen molar-refractivity contribution in [2.45, 2.75) is 37.6 Å². The van der Waals surface area contributed by atoms with Crippen molar-refractivity contribution in [1.82, 2.24) is 5.32 Å². The molecular formula is C13H19NO3S. The third kappa shape index (κ3) is 3.07. The van der Waals surface area contributed by atoms with Gasteiger partial charge in [0.25, 0.3) is 0 Å². The van der Waals surface area contributed by atoms with Crippen LogP contribution >= 0.6 is 11.8 Å². The highest BCUT2D eigenvalue weighted by atomic mass is 32.2. The molecule has 1 atom stereocenters. The van der Waals surface area contributed by atoms with Crippen LogP contribution in [0.4, 0.5) is 0 Å². The summed E-state index contributed by atoms with van der Waals surface area (Å²) in [5.41, 5.74) is -1.02. The topological polar surface area (TPSA) is 66.4 Å². The van der Waals surface area contributed by atoms with Crippen LogP contribution in [0.3, 0.4) is 0 Å². The van der Waals surface area contributed by atoms with E-state index in [1.54, 1.807) is 11.8 Å². The monoisotopic (exact) mass is 269 g/mol. The summed E-state index contributed by atoms with van der Waals surface area (Å²) in [5.74, 6) is 0.874. The number of hydrogen-bond donors (Lipinski definition) is 2. The van der Waals surface area contributed by atoms with Crippen LogP contribution in [0.25, 0.3) is 0 Å². The summed E-state index contributed by atoms with van der Waals surface area (Å²) in [4.78, 5) is 23.4. The van der Waals surface area contributed by atoms with Gasteiger partial charge < -0.3 is 10.4 Å². The van der Waals surface area contributed by atoms with Crippen LogP contribution in [0.2, 0.25) is 0 Å². The minimum absolute atomic E-state index is 0.124. The van der Waals surface area contributed by atoms with Crippen molar-refractivity contribution in [2.24, 2.45) is 5.92 Å². The fraction of sp³-hybridized carbons (Fsp3) is 0.692. The van der Waals surface area contributed by atoms with Crippen LogP contribution in [0.5, 0.6) is 0 Å². The molecular weight excluding hydrogens is 250 g/mol. The molecule has 1 unspecified atom stereocenters. The number of rotatable bonds is 4. The Morgan fingerprint density at radius 2 is 2.11 bits per heavy atom. The van der Waals surface area contributed by atoms with E-state index < -0.39 is 11.5 Å². The number of carboxylic acids is 1. The number of thioether (sulfide) groups is 1. The predicted octanol–water partition coefficient (Wildman–Crippen LogP) is 1.81. The molecule has 2 rings (SSSR count). The number of amides is 1. The first kappa shape index (κ1) is 13.5. The molecule has 1 fully saturated rings. The van der Waals surface area contributed by atoms with Crippen molar-refractivity contribution < 1.29 is 14.7 Å². The molecule has 0 aromatic rings. The lowest BCUT2D eigenvalue weighted by Gasteiger charge is -2.34. The number of carbonyl (C=O) groups excluding carboxylic acids is 1. The van der Waals surface area contributed by atoms with Crippen LogP contribution in [-0.4, -0.2) is 34.0 Å². The van der Waals surface area contributed by atoms with Gasteiger partial charge in [0.2, 0.25) is 5.91 Å². The van der Waals surface area contributed by atoms with E-state index in [0.717, 1.165) is 24.3 Å². The summed E-state index contributed by atoms with van der Waals surface area (Å²) in [6, 6.07) is 0. The Balaban J connectivity index is 1.93. The zero-order chi connectivity index (χ0) is 13.0. The zero-order valence-corrected chi connectivity index (χ0v) is 11.2. The smallest absolute Gasteiger partial charge is 0.329 e. The van der Waals surface area contributed by atoms with Crippen LogP contribution in [0.1, 0.15) is 32.1 Å². The van der Waals surface area contributed by atoms with Crippen molar-refractivity contribution >= 4 is 23.6 Å². The number of carbonyl (C=O) groups is 2. The van der Waals surface area contributed by atoms with Crippen molar-refractivity contribution in [3.05, 3.63) is 12.2 Å². The number of carboxylic acid groups (broad SMARTS) is 1. The second kappa shape index (κ2) is 5.78. The first-order valence-electron chi connectivity index (χ1n) is 6.41. The van der Waals surface area contributed by atoms with Crippen LogP contribution in [0.15, 0.2) is 12.2 Å². The van der Waals surface area contributed by atoms with Gasteiger partial charge in [-0.3, -0.25) is 4.79 Å². The molecule has 0 saturated carbocycles. The van der Waals surface area contributed by atoms with Gasteiger partial charge in [-0.15, -0.1) is 0 Å². The molecule has 2 N–H and O–H groups in total. The standard InChI is InChI=1S/C13H19NO3S/c15-11(9-10-3-1-2-4-10)14-13(12(16)17)5-7-18-8-6-13/h1,3,10H,2,4-9H2,(H,14,15)(H,16,17). The van der Waals surface area contributed by atoms with Crippen molar-refractivity contribution in [3.63, 3.8) is 0 Å². The van der Waals surface area contributed by atoms with E-state index in [1.165, 1.54) is 0 Å². The third-order valence-electron chi connectivity index (χ3n) is 3.69. The van der Waals surface area contributed by atoms with E-state index in [9.17, 15) is 14.7 Å². The van der Waals surface area contributed by atoms with Crippen molar-refractivity contribution in [3.8, 4) is 0 Å². The van der Waals surface area contributed by atoms with E-state index in [2.05, 4.69) is 17.5 Å². The molecule has 1 aliphatic heterocycles. The van der Waals surface area contributed by atoms with Gasteiger partial charge in [-0.2, -0.15) is 11.8 Å². The van der Waals surface area contributed by atoms with Gasteiger partial charge in [-0.05, 0) is 43.1 Å². The predicted molar refractivity (Wildman–Crippen MR) is 71.5 cm³/mol. The summed E-state index contributed by atoms with van der Waals surface area (Å²) in [6.07, 6.45) is 7.64. The van der Waals surface area contributed by atoms with Crippen molar-refractivity contribution in [2.75, 3.05) is 11.5 Å². The fourth-order valence-corrected chi connectivity index (χ4v) is 3.72. The fourth-order valence-electron chi connectivity index (χ4n) is 2.53. The van der Waals surface area contributed by atoms with Gasteiger partial charge in [0.15, 0.2) is 0 Å². The molecule has 5 heteroatoms. The van der Waals surface area contributed by atoms with Gasteiger partial charge in [-0.25, -0.2) is 4.79 Å². The van der Waals surface area contributed by atoms with Gasteiger partial charge in [-0.1, -0.05) is 12.2 Å². The summed E-state index contributed by atoms with van der Waals surface area (Å²) < 4.78 is 0. The van der Waals surface area contributed by atoms with E-state index in [4.69, 9.17) is 0 Å². The largest absolute Gasteiger partial charge is 0.480 e. The minimum atomic E-state index is -1.02. The second-order valence-corrected chi connectivity index (χ2v) is 6.24. The van der Waals surface area contributed by atoms with E-state index >= 15 is 0 Å². The Kier molecular flexibility index (Phi) is 4.32. The Bertz CT molecular complexity index is 361. The Hall–Kier alpha value is -0.970. The number of allylic oxidation sites excluding steroid dienone is 2. The van der Waals surface area contributed by atoms with Crippen LogP contribution < -0.4 is 5.32 Å². The molecule has 1 heterocycles. The molecule has 0 aromatic carbocycles. The molecule has 1 saturated heterocycles. The average molecular weight is 269 g/mol. The van der Waals surface area contributed by atoms with Gasteiger partial charge in [0.1, 0.15) is 5.54 Å². The summed E-state index contributed by atoms with van der Waals surface area (Å²) >= 11 is 1.75. The molecule has 0 bridgehead atoms. The summed E-state index contributed by atoms with van der Waals surface area (Å²) in [5, 5.41) is 12.1. The van der Waals surface area contributed by atoms with Gasteiger partial charge >= 0.3 is 5.97 Å². The summed E-state index contributed by atoms with van der Waals surface area (Å²) in [6.45, 7) is 0. The lowest BCUT2D eigenvalue weighted by Crippen LogP contribution is -2.56. The van der Waals surface area contributed by atoms with E-state index in [-0.39, 0.29) is 11.8 Å². The molecule has 18 heavy (non-hydrogen) atoms. The Morgan fingerprint density at radius 3 is 2.67 bits per heavy atom. The molecule has 0 radical (unpaired) electrons. The van der Waals surface area contributed by atoms with Crippen molar-refractivity contribution in [1.29, 1.82) is 0 Å². The highest BCUT2D eigenvalue weighted by molar-refractivity contribution is 7.99. The lowest BCUT2D eigenvalue weighted by atomic mass is 9.91. The molecule has 1 amide bonds. The number of hydrogen-bond acceptors (Lipinski definition) is 3. The molecule has 0 spiro atoms. The van der Waals surface area contributed by atoms with E-state index in [1.807, 2.05) is 0 Å². The molecule has 2 aliphatic rings.